The first-order valence-corrected chi connectivity index (χ1v) is 6.78. The second-order valence-corrected chi connectivity index (χ2v) is 5.57. The van der Waals surface area contributed by atoms with E-state index in [0.29, 0.717) is 12.8 Å². The van der Waals surface area contributed by atoms with Gasteiger partial charge in [-0.1, -0.05) is 0 Å². The van der Waals surface area contributed by atoms with Crippen molar-refractivity contribution < 1.29 is 35.9 Å². The van der Waals surface area contributed by atoms with Crippen LogP contribution in [0, 0.1) is 0 Å². The smallest absolute Gasteiger partial charge is 0.422 e. The molecule has 0 spiro atoms. The predicted octanol–water partition coefficient (Wildman–Crippen LogP) is 3.45. The number of ether oxygens (including phenoxy) is 1. The maximum Gasteiger partial charge on any atom is 0.422 e. The zero-order valence-corrected chi connectivity index (χ0v) is 11.1. The fraction of sp³-hybridized carbons (Fsp3) is 0.900. The number of nitrogens with zero attached hydrogens (tertiary/aromatic N) is 1. The van der Waals surface area contributed by atoms with Crippen molar-refractivity contribution in [1.29, 1.82) is 0 Å². The molecule has 0 aromatic carbocycles. The molecule has 1 aliphatic rings. The lowest BCUT2D eigenvalue weighted by atomic mass is 10.1. The van der Waals surface area contributed by atoms with Gasteiger partial charge in [-0.2, -0.15) is 26.3 Å². The lowest BCUT2D eigenvalue weighted by Crippen LogP contribution is -2.41. The molecule has 0 saturated carbocycles. The van der Waals surface area contributed by atoms with Crippen LogP contribution in [0.2, 0.25) is 0 Å². The Kier molecular flexibility index (Phi) is 5.84. The first kappa shape index (κ1) is 17.3. The normalized spacial score (nSPS) is 18.2. The van der Waals surface area contributed by atoms with Crippen LogP contribution in [0.4, 0.5) is 31.1 Å². The van der Waals surface area contributed by atoms with Gasteiger partial charge in [0.15, 0.2) is 6.61 Å². The van der Waals surface area contributed by atoms with E-state index in [1.165, 1.54) is 0 Å². The molecule has 1 saturated heterocycles. The van der Waals surface area contributed by atoms with Gasteiger partial charge in [-0.15, -0.1) is 11.8 Å². The Morgan fingerprint density at radius 1 is 1.10 bits per heavy atom. The van der Waals surface area contributed by atoms with Crippen LogP contribution in [-0.2, 0) is 4.74 Å². The van der Waals surface area contributed by atoms with E-state index in [9.17, 15) is 31.1 Å². The zero-order chi connectivity index (χ0) is 15.4. The summed E-state index contributed by atoms with van der Waals surface area (Å²) in [7, 11) is 0. The molecule has 1 fully saturated rings. The quantitative estimate of drug-likeness (QED) is 0.745. The Balaban J connectivity index is 2.26. The van der Waals surface area contributed by atoms with Crippen molar-refractivity contribution in [3.63, 3.8) is 0 Å². The number of likely N-dealkylation sites (tertiary alicyclic amines) is 1. The molecule has 1 rings (SSSR count). The molecule has 1 amide bonds. The van der Waals surface area contributed by atoms with E-state index in [4.69, 9.17) is 0 Å². The number of halogens is 6. The molecule has 118 valence electrons. The summed E-state index contributed by atoms with van der Waals surface area (Å²) in [6.07, 6.45) is -9.30. The van der Waals surface area contributed by atoms with Gasteiger partial charge >= 0.3 is 18.4 Å². The van der Waals surface area contributed by atoms with Crippen molar-refractivity contribution >= 4 is 17.9 Å². The van der Waals surface area contributed by atoms with Crippen LogP contribution in [0.15, 0.2) is 0 Å². The highest BCUT2D eigenvalue weighted by Gasteiger charge is 2.33. The summed E-state index contributed by atoms with van der Waals surface area (Å²) in [5.74, 6) is -0.962. The van der Waals surface area contributed by atoms with Crippen molar-refractivity contribution in [1.82, 2.24) is 4.90 Å². The molecule has 0 aromatic rings. The Labute approximate surface area is 115 Å². The second-order valence-electron chi connectivity index (χ2n) is 4.28. The van der Waals surface area contributed by atoms with Crippen molar-refractivity contribution in [3.8, 4) is 0 Å². The summed E-state index contributed by atoms with van der Waals surface area (Å²) in [6, 6.07) is 0. The summed E-state index contributed by atoms with van der Waals surface area (Å²) < 4.78 is 75.7. The third-order valence-corrected chi connectivity index (χ3v) is 3.98. The number of amides is 1. The van der Waals surface area contributed by atoms with E-state index >= 15 is 0 Å². The Hall–Kier alpha value is -0.800. The van der Waals surface area contributed by atoms with Crippen LogP contribution in [0.1, 0.15) is 12.8 Å². The number of hydrogen-bond acceptors (Lipinski definition) is 3. The molecule has 1 aliphatic heterocycles. The molecule has 0 radical (unpaired) electrons. The molecule has 0 aliphatic carbocycles. The lowest BCUT2D eigenvalue weighted by Gasteiger charge is -2.31. The number of carbonyl (C=O) groups is 1. The maximum absolute atomic E-state index is 12.0. The highest BCUT2D eigenvalue weighted by molar-refractivity contribution is 7.99. The van der Waals surface area contributed by atoms with E-state index in [2.05, 4.69) is 4.74 Å². The van der Waals surface area contributed by atoms with Gasteiger partial charge in [-0.05, 0) is 12.8 Å². The Bertz CT molecular complexity index is 325. The van der Waals surface area contributed by atoms with Crippen LogP contribution in [0.25, 0.3) is 0 Å². The molecule has 10 heteroatoms. The molecule has 0 N–H and O–H groups in total. The third-order valence-electron chi connectivity index (χ3n) is 2.54. The molecule has 0 bridgehead atoms. The highest BCUT2D eigenvalue weighted by atomic mass is 32.2. The van der Waals surface area contributed by atoms with Crippen molar-refractivity contribution in [2.24, 2.45) is 0 Å². The number of piperidine rings is 1. The predicted molar refractivity (Wildman–Crippen MR) is 60.5 cm³/mol. The van der Waals surface area contributed by atoms with E-state index in [1.807, 2.05) is 0 Å². The first-order chi connectivity index (χ1) is 9.07. The van der Waals surface area contributed by atoms with Gasteiger partial charge in [-0.3, -0.25) is 0 Å². The van der Waals surface area contributed by atoms with Gasteiger partial charge in [0, 0.05) is 18.3 Å². The van der Waals surface area contributed by atoms with E-state index in [-0.39, 0.29) is 18.3 Å². The number of rotatable bonds is 3. The summed E-state index contributed by atoms with van der Waals surface area (Å²) in [5.41, 5.74) is 0. The summed E-state index contributed by atoms with van der Waals surface area (Å²) in [6.45, 7) is -1.45. The van der Waals surface area contributed by atoms with E-state index < -0.39 is 30.8 Å². The topological polar surface area (TPSA) is 29.5 Å². The molecule has 0 aromatic heterocycles. The van der Waals surface area contributed by atoms with Crippen molar-refractivity contribution in [3.05, 3.63) is 0 Å². The minimum absolute atomic E-state index is 0.103. The Morgan fingerprint density at radius 2 is 1.65 bits per heavy atom. The third kappa shape index (κ3) is 7.11. The minimum atomic E-state index is -4.59. The standard InChI is InChI=1S/C10H13F6NO2S/c11-9(12,13)5-19-8(18)17-3-1-7(2-4-17)20-6-10(14,15)16/h7H,1-6H2. The van der Waals surface area contributed by atoms with Crippen LogP contribution in [0.5, 0.6) is 0 Å². The van der Waals surface area contributed by atoms with Gasteiger partial charge < -0.3 is 9.64 Å². The molecule has 20 heavy (non-hydrogen) atoms. The van der Waals surface area contributed by atoms with Gasteiger partial charge in [0.05, 0.1) is 5.75 Å². The highest BCUT2D eigenvalue weighted by Crippen LogP contribution is 2.29. The summed E-state index contributed by atoms with van der Waals surface area (Å²) in [5, 5.41) is -0.247. The van der Waals surface area contributed by atoms with Gasteiger partial charge in [0.2, 0.25) is 0 Å². The fourth-order valence-electron chi connectivity index (χ4n) is 1.65. The molecular weight excluding hydrogens is 312 g/mol. The molecular formula is C10H13F6NO2S. The minimum Gasteiger partial charge on any atom is -0.440 e. The average Bonchev–Trinajstić information content (AvgIpc) is 2.32. The van der Waals surface area contributed by atoms with E-state index in [0.717, 1.165) is 16.7 Å². The van der Waals surface area contributed by atoms with Crippen LogP contribution in [0.3, 0.4) is 0 Å². The summed E-state index contributed by atoms with van der Waals surface area (Å²) in [4.78, 5) is 12.4. The van der Waals surface area contributed by atoms with Crippen molar-refractivity contribution in [2.75, 3.05) is 25.4 Å². The molecule has 0 unspecified atom stereocenters. The number of alkyl halides is 6. The zero-order valence-electron chi connectivity index (χ0n) is 10.3. The number of hydrogen-bond donors (Lipinski definition) is 0. The number of carbonyl (C=O) groups excluding carboxylic acids is 1. The van der Waals surface area contributed by atoms with Gasteiger partial charge in [0.1, 0.15) is 0 Å². The first-order valence-electron chi connectivity index (χ1n) is 5.73. The Morgan fingerprint density at radius 3 is 2.10 bits per heavy atom. The van der Waals surface area contributed by atoms with E-state index in [1.54, 1.807) is 0 Å². The average molecular weight is 325 g/mol. The van der Waals surface area contributed by atoms with Crippen LogP contribution < -0.4 is 0 Å². The largest absolute Gasteiger partial charge is 0.440 e. The SMILES string of the molecule is O=C(OCC(F)(F)F)N1CCC(SCC(F)(F)F)CC1. The fourth-order valence-corrected chi connectivity index (χ4v) is 2.62. The van der Waals surface area contributed by atoms with Gasteiger partial charge in [-0.25, -0.2) is 4.79 Å². The number of thioether (sulfide) groups is 1. The second kappa shape index (κ2) is 6.77. The van der Waals surface area contributed by atoms with Crippen molar-refractivity contribution in [2.45, 2.75) is 30.4 Å². The molecule has 0 atom stereocenters. The van der Waals surface area contributed by atoms with Crippen LogP contribution >= 0.6 is 11.8 Å². The monoisotopic (exact) mass is 325 g/mol. The molecule has 3 nitrogen and oxygen atoms in total. The molecule has 1 heterocycles. The van der Waals surface area contributed by atoms with Crippen LogP contribution in [-0.4, -0.2) is 54.0 Å². The van der Waals surface area contributed by atoms with Gasteiger partial charge in [0.25, 0.3) is 0 Å². The lowest BCUT2D eigenvalue weighted by molar-refractivity contribution is -0.162. The maximum atomic E-state index is 12.0. The summed E-state index contributed by atoms with van der Waals surface area (Å²) >= 11 is 0.752.